The Morgan fingerprint density at radius 2 is 1.11 bits per heavy atom. The van der Waals surface area contributed by atoms with Crippen molar-refractivity contribution < 1.29 is 0 Å². The lowest BCUT2D eigenvalue weighted by atomic mass is 9.45. The summed E-state index contributed by atoms with van der Waals surface area (Å²) in [4.78, 5) is 0. The van der Waals surface area contributed by atoms with Gasteiger partial charge in [0.2, 0.25) is 0 Å². The molecule has 3 saturated carbocycles. The molecule has 8 rings (SSSR count). The Hall–Kier alpha value is -2.60. The van der Waals surface area contributed by atoms with Crippen LogP contribution in [0, 0.1) is 35.5 Å². The van der Waals surface area contributed by atoms with Gasteiger partial charge >= 0.3 is 0 Å². The first kappa shape index (κ1) is 15.3. The normalized spacial score (nSPS) is 36.3. The van der Waals surface area contributed by atoms with Gasteiger partial charge in [0.05, 0.1) is 0 Å². The summed E-state index contributed by atoms with van der Waals surface area (Å²) in [5.74, 6) is 3.90. The van der Waals surface area contributed by atoms with Gasteiger partial charge in [-0.3, -0.25) is 0 Å². The third kappa shape index (κ3) is 1.91. The van der Waals surface area contributed by atoms with Crippen LogP contribution < -0.4 is 10.4 Å². The largest absolute Gasteiger partial charge is 0.0804 e. The van der Waals surface area contributed by atoms with Crippen molar-refractivity contribution >= 4 is 22.9 Å². The van der Waals surface area contributed by atoms with Crippen LogP contribution in [-0.4, -0.2) is 0 Å². The van der Waals surface area contributed by atoms with Crippen LogP contribution in [0.1, 0.15) is 12.8 Å². The summed E-state index contributed by atoms with van der Waals surface area (Å²) in [6.07, 6.45) is 22.5. The van der Waals surface area contributed by atoms with Gasteiger partial charge in [-0.25, -0.2) is 0 Å². The Bertz CT molecular complexity index is 1150. The van der Waals surface area contributed by atoms with Crippen LogP contribution in [0.15, 0.2) is 84.0 Å². The first-order chi connectivity index (χ1) is 13.9. The van der Waals surface area contributed by atoms with Crippen LogP contribution in [0.25, 0.3) is 22.9 Å². The van der Waals surface area contributed by atoms with E-state index in [1.54, 1.807) is 11.1 Å². The third-order valence-electron chi connectivity index (χ3n) is 7.97. The molecule has 3 fully saturated rings. The lowest BCUT2D eigenvalue weighted by Gasteiger charge is -2.58. The van der Waals surface area contributed by atoms with Crippen molar-refractivity contribution in [3.05, 3.63) is 94.4 Å². The van der Waals surface area contributed by atoms with Gasteiger partial charge in [0.15, 0.2) is 0 Å². The van der Waals surface area contributed by atoms with E-state index < -0.39 is 0 Å². The summed E-state index contributed by atoms with van der Waals surface area (Å²) in [7, 11) is 0. The van der Waals surface area contributed by atoms with Gasteiger partial charge in [0, 0.05) is 0 Å². The molecule has 2 bridgehead atoms. The van der Waals surface area contributed by atoms with E-state index in [0.717, 1.165) is 0 Å². The Morgan fingerprint density at radius 1 is 0.607 bits per heavy atom. The average Bonchev–Trinajstić information content (AvgIpc) is 2.76. The van der Waals surface area contributed by atoms with E-state index >= 15 is 0 Å². The molecule has 6 unspecified atom stereocenters. The molecular weight excluding hydrogens is 336 g/mol. The number of hydrogen-bond acceptors (Lipinski definition) is 0. The molecule has 0 nitrogen and oxygen atoms in total. The molecule has 0 radical (unpaired) electrons. The molecule has 0 heteroatoms. The Kier molecular flexibility index (Phi) is 3.00. The predicted octanol–water partition coefficient (Wildman–Crippen LogP) is 4.91. The second-order valence-corrected chi connectivity index (χ2v) is 9.19. The van der Waals surface area contributed by atoms with Crippen molar-refractivity contribution in [2.24, 2.45) is 35.5 Å². The van der Waals surface area contributed by atoms with E-state index in [1.807, 2.05) is 0 Å². The van der Waals surface area contributed by atoms with Crippen molar-refractivity contribution in [1.29, 1.82) is 0 Å². The summed E-state index contributed by atoms with van der Waals surface area (Å²) in [5.41, 5.74) is 3.38. The summed E-state index contributed by atoms with van der Waals surface area (Å²) in [6.45, 7) is 0. The Morgan fingerprint density at radius 3 is 1.61 bits per heavy atom. The number of hydrogen-bond donors (Lipinski definition) is 0. The molecule has 136 valence electrons. The molecule has 0 N–H and O–H groups in total. The number of rotatable bonds is 0. The first-order valence-electron chi connectivity index (χ1n) is 10.9. The van der Waals surface area contributed by atoms with Gasteiger partial charge in [0.1, 0.15) is 0 Å². The van der Waals surface area contributed by atoms with Gasteiger partial charge in [-0.05, 0) is 92.8 Å². The molecule has 2 aromatic carbocycles. The molecule has 6 aliphatic carbocycles. The van der Waals surface area contributed by atoms with Crippen LogP contribution in [0.3, 0.4) is 0 Å². The smallest absolute Gasteiger partial charge is 0.00243 e. The van der Waals surface area contributed by atoms with Crippen molar-refractivity contribution in [3.63, 3.8) is 0 Å². The van der Waals surface area contributed by atoms with Crippen molar-refractivity contribution in [2.45, 2.75) is 12.8 Å². The second-order valence-electron chi connectivity index (χ2n) is 9.19. The maximum Gasteiger partial charge on any atom is -0.00243 e. The van der Waals surface area contributed by atoms with Gasteiger partial charge < -0.3 is 0 Å². The van der Waals surface area contributed by atoms with E-state index in [9.17, 15) is 0 Å². The summed E-state index contributed by atoms with van der Waals surface area (Å²) in [5, 5.41) is 5.62. The summed E-state index contributed by atoms with van der Waals surface area (Å²) < 4.78 is 0. The maximum atomic E-state index is 2.64. The van der Waals surface area contributed by atoms with Crippen molar-refractivity contribution in [2.75, 3.05) is 0 Å². The molecule has 6 aliphatic rings. The topological polar surface area (TPSA) is 0 Å². The number of fused-ring (bicyclic) bond motifs is 2. The standard InChI is InChI=1S/C28H24/c1-2-8-18-14-20-16-26-25(15-19(20)13-17(18)7-1)27-21-9-3-5-11-23(21)28(26)24-12-6-4-10-22(24)27/h1-3,5,7-16,21,23,25-28H,4,6H2. The lowest BCUT2D eigenvalue weighted by Crippen LogP contribution is -2.54. The second kappa shape index (κ2) is 5.47. The van der Waals surface area contributed by atoms with Gasteiger partial charge in [-0.15, -0.1) is 0 Å². The lowest BCUT2D eigenvalue weighted by molar-refractivity contribution is 0.0949. The summed E-state index contributed by atoms with van der Waals surface area (Å²) >= 11 is 0. The van der Waals surface area contributed by atoms with E-state index in [2.05, 4.69) is 85.0 Å². The zero-order chi connectivity index (χ0) is 18.2. The fraction of sp³-hybridized carbons (Fsp3) is 0.286. The zero-order valence-corrected chi connectivity index (χ0v) is 16.0. The van der Waals surface area contributed by atoms with Crippen LogP contribution in [0.2, 0.25) is 0 Å². The molecule has 0 aliphatic heterocycles. The van der Waals surface area contributed by atoms with E-state index in [1.165, 1.54) is 34.1 Å². The van der Waals surface area contributed by atoms with Crippen molar-refractivity contribution in [1.82, 2.24) is 0 Å². The fourth-order valence-corrected chi connectivity index (χ4v) is 6.96. The molecule has 28 heavy (non-hydrogen) atoms. The minimum absolute atomic E-state index is 0.637. The highest BCUT2D eigenvalue weighted by molar-refractivity contribution is 5.83. The molecule has 0 heterocycles. The van der Waals surface area contributed by atoms with E-state index in [0.29, 0.717) is 35.5 Å². The van der Waals surface area contributed by atoms with Gasteiger partial charge in [-0.2, -0.15) is 0 Å². The predicted molar refractivity (Wildman–Crippen MR) is 117 cm³/mol. The highest BCUT2D eigenvalue weighted by Gasteiger charge is 2.55. The fourth-order valence-electron chi connectivity index (χ4n) is 6.96. The minimum Gasteiger partial charge on any atom is -0.0804 e. The van der Waals surface area contributed by atoms with Crippen LogP contribution >= 0.6 is 0 Å². The first-order valence-corrected chi connectivity index (χ1v) is 10.9. The highest BCUT2D eigenvalue weighted by atomic mass is 14.6. The third-order valence-corrected chi connectivity index (χ3v) is 7.97. The molecule has 2 aromatic rings. The molecule has 6 atom stereocenters. The minimum atomic E-state index is 0.637. The van der Waals surface area contributed by atoms with Crippen molar-refractivity contribution in [3.8, 4) is 0 Å². The van der Waals surface area contributed by atoms with Gasteiger partial charge in [-0.1, -0.05) is 72.9 Å². The van der Waals surface area contributed by atoms with Crippen LogP contribution in [0.5, 0.6) is 0 Å². The number of benzene rings is 2. The Labute approximate surface area is 166 Å². The quantitative estimate of drug-likeness (QED) is 0.626. The highest BCUT2D eigenvalue weighted by Crippen LogP contribution is 2.62. The van der Waals surface area contributed by atoms with Crippen LogP contribution in [-0.2, 0) is 0 Å². The maximum absolute atomic E-state index is 2.64. The molecular formula is C28H24. The number of allylic oxidation sites excluding steroid dienone is 8. The summed E-state index contributed by atoms with van der Waals surface area (Å²) in [6, 6.07) is 13.6. The van der Waals surface area contributed by atoms with Crippen LogP contribution in [0.4, 0.5) is 0 Å². The van der Waals surface area contributed by atoms with E-state index in [4.69, 9.17) is 0 Å². The van der Waals surface area contributed by atoms with E-state index in [-0.39, 0.29) is 0 Å². The monoisotopic (exact) mass is 360 g/mol. The van der Waals surface area contributed by atoms with Gasteiger partial charge in [0.25, 0.3) is 0 Å². The molecule has 0 aromatic heterocycles. The molecule has 0 saturated heterocycles. The molecule has 0 spiro atoms. The average molecular weight is 361 g/mol. The SMILES string of the molecule is C1=CC2C(C=C1)C1C3=CCCC=C3C2C2C=c3cc4ccccc4cc3=CC21. The Balaban J connectivity index is 1.50. The zero-order valence-electron chi connectivity index (χ0n) is 16.0. The molecule has 0 amide bonds.